The predicted octanol–water partition coefficient (Wildman–Crippen LogP) is 2.47. The number of nitrogens with zero attached hydrogens (tertiary/aromatic N) is 4. The standard InChI is InChI=1S/C12H15BrN4OS/c1-2-3-8-19(18)9-12-14-15-16-17(12)11-7-5-4-6-10(11)13/h4-7H,2-3,8-9H2,1H3/t19-/m1/s1. The van der Waals surface area contributed by atoms with Crippen LogP contribution in [0.5, 0.6) is 0 Å². The van der Waals surface area contributed by atoms with Crippen molar-refractivity contribution in [3.8, 4) is 5.69 Å². The van der Waals surface area contributed by atoms with Gasteiger partial charge in [0.15, 0.2) is 5.82 Å². The highest BCUT2D eigenvalue weighted by molar-refractivity contribution is 9.10. The van der Waals surface area contributed by atoms with Crippen LogP contribution in [0.25, 0.3) is 5.69 Å². The van der Waals surface area contributed by atoms with Gasteiger partial charge < -0.3 is 0 Å². The van der Waals surface area contributed by atoms with E-state index in [0.717, 1.165) is 23.0 Å². The molecule has 0 spiro atoms. The topological polar surface area (TPSA) is 60.7 Å². The van der Waals surface area contributed by atoms with Gasteiger partial charge in [0.2, 0.25) is 0 Å². The molecule has 1 heterocycles. The van der Waals surface area contributed by atoms with E-state index in [4.69, 9.17) is 0 Å². The molecule has 0 saturated heterocycles. The third-order valence-corrected chi connectivity index (χ3v) is 4.63. The zero-order valence-corrected chi connectivity index (χ0v) is 13.0. The number of para-hydroxylation sites is 1. The molecule has 2 rings (SSSR count). The van der Waals surface area contributed by atoms with Crippen LogP contribution in [-0.4, -0.2) is 30.2 Å². The van der Waals surface area contributed by atoms with Gasteiger partial charge in [-0.3, -0.25) is 4.21 Å². The predicted molar refractivity (Wildman–Crippen MR) is 78.5 cm³/mol. The average Bonchev–Trinajstić information content (AvgIpc) is 2.85. The van der Waals surface area contributed by atoms with Gasteiger partial charge in [-0.2, -0.15) is 4.68 Å². The van der Waals surface area contributed by atoms with Gasteiger partial charge in [-0.05, 0) is 44.9 Å². The first-order chi connectivity index (χ1) is 9.22. The summed E-state index contributed by atoms with van der Waals surface area (Å²) in [7, 11) is -0.919. The van der Waals surface area contributed by atoms with E-state index >= 15 is 0 Å². The molecule has 0 unspecified atom stereocenters. The van der Waals surface area contributed by atoms with Crippen molar-refractivity contribution < 1.29 is 4.21 Å². The number of hydrogen-bond donors (Lipinski definition) is 0. The van der Waals surface area contributed by atoms with Crippen LogP contribution in [0.1, 0.15) is 25.6 Å². The second-order valence-electron chi connectivity index (χ2n) is 4.10. The molecule has 1 atom stereocenters. The molecule has 19 heavy (non-hydrogen) atoms. The van der Waals surface area contributed by atoms with Crippen LogP contribution in [0.3, 0.4) is 0 Å². The van der Waals surface area contributed by atoms with Crippen molar-refractivity contribution in [1.29, 1.82) is 0 Å². The van der Waals surface area contributed by atoms with Crippen molar-refractivity contribution in [2.45, 2.75) is 25.5 Å². The molecule has 0 saturated carbocycles. The van der Waals surface area contributed by atoms with E-state index in [1.165, 1.54) is 0 Å². The smallest absolute Gasteiger partial charge is 0.169 e. The molecule has 0 amide bonds. The molecule has 1 aromatic heterocycles. The Kier molecular flexibility index (Phi) is 5.21. The summed E-state index contributed by atoms with van der Waals surface area (Å²) in [6.07, 6.45) is 2.00. The SMILES string of the molecule is CCCC[S@@](=O)Cc1nnnn1-c1ccccc1Br. The van der Waals surface area contributed by atoms with Crippen LogP contribution in [0.4, 0.5) is 0 Å². The Bertz CT molecular complexity index is 572. The quantitative estimate of drug-likeness (QED) is 0.808. The third kappa shape index (κ3) is 3.70. The molecule has 5 nitrogen and oxygen atoms in total. The maximum Gasteiger partial charge on any atom is 0.169 e. The minimum Gasteiger partial charge on any atom is -0.259 e. The number of aromatic nitrogens is 4. The molecule has 0 aliphatic carbocycles. The van der Waals surface area contributed by atoms with Crippen molar-refractivity contribution in [1.82, 2.24) is 20.2 Å². The van der Waals surface area contributed by atoms with Gasteiger partial charge in [0.05, 0.1) is 11.4 Å². The van der Waals surface area contributed by atoms with Crippen molar-refractivity contribution in [3.63, 3.8) is 0 Å². The lowest BCUT2D eigenvalue weighted by molar-refractivity contribution is 0.676. The summed E-state index contributed by atoms with van der Waals surface area (Å²) in [6.45, 7) is 2.09. The number of unbranched alkanes of at least 4 members (excludes halogenated alkanes) is 1. The number of tetrazole rings is 1. The van der Waals surface area contributed by atoms with Crippen LogP contribution in [0.15, 0.2) is 28.7 Å². The van der Waals surface area contributed by atoms with Crippen molar-refractivity contribution in [2.24, 2.45) is 0 Å². The monoisotopic (exact) mass is 342 g/mol. The summed E-state index contributed by atoms with van der Waals surface area (Å²) in [4.78, 5) is 0. The van der Waals surface area contributed by atoms with Gasteiger partial charge in [0.25, 0.3) is 0 Å². The molecule has 0 radical (unpaired) electrons. The molecule has 1 aromatic carbocycles. The fourth-order valence-corrected chi connectivity index (χ4v) is 3.30. The molecule has 0 bridgehead atoms. The zero-order valence-electron chi connectivity index (χ0n) is 10.6. The van der Waals surface area contributed by atoms with E-state index in [1.54, 1.807) is 4.68 Å². The lowest BCUT2D eigenvalue weighted by atomic mass is 10.3. The Morgan fingerprint density at radius 2 is 2.16 bits per heavy atom. The first-order valence-corrected chi connectivity index (χ1v) is 8.37. The van der Waals surface area contributed by atoms with Gasteiger partial charge in [0.1, 0.15) is 0 Å². The molecular weight excluding hydrogens is 328 g/mol. The Labute approximate surface area is 123 Å². The maximum absolute atomic E-state index is 11.9. The first kappa shape index (κ1) is 14.3. The summed E-state index contributed by atoms with van der Waals surface area (Å²) in [5.74, 6) is 1.70. The molecule has 0 N–H and O–H groups in total. The molecular formula is C12H15BrN4OS. The summed E-state index contributed by atoms with van der Waals surface area (Å²) < 4.78 is 14.5. The normalized spacial score (nSPS) is 12.5. The third-order valence-electron chi connectivity index (χ3n) is 2.63. The van der Waals surface area contributed by atoms with Crippen LogP contribution < -0.4 is 0 Å². The highest BCUT2D eigenvalue weighted by atomic mass is 79.9. The van der Waals surface area contributed by atoms with Crippen molar-refractivity contribution >= 4 is 26.7 Å². The minimum absolute atomic E-state index is 0.383. The molecule has 0 aliphatic rings. The fraction of sp³-hybridized carbons (Fsp3) is 0.417. The highest BCUT2D eigenvalue weighted by Gasteiger charge is 2.13. The molecule has 0 fully saturated rings. The van der Waals surface area contributed by atoms with Gasteiger partial charge in [0, 0.05) is 21.0 Å². The summed E-state index contributed by atoms with van der Waals surface area (Å²) in [5, 5.41) is 11.6. The number of halogens is 1. The van der Waals surface area contributed by atoms with Crippen molar-refractivity contribution in [3.05, 3.63) is 34.6 Å². The van der Waals surface area contributed by atoms with E-state index in [-0.39, 0.29) is 0 Å². The molecule has 0 aliphatic heterocycles. The summed E-state index contributed by atoms with van der Waals surface area (Å²) in [5.41, 5.74) is 0.856. The molecule has 2 aromatic rings. The number of benzene rings is 1. The number of hydrogen-bond acceptors (Lipinski definition) is 4. The largest absolute Gasteiger partial charge is 0.259 e. The van der Waals surface area contributed by atoms with E-state index < -0.39 is 10.8 Å². The Morgan fingerprint density at radius 1 is 1.37 bits per heavy atom. The van der Waals surface area contributed by atoms with E-state index in [2.05, 4.69) is 38.4 Å². The van der Waals surface area contributed by atoms with Crippen LogP contribution in [0.2, 0.25) is 0 Å². The van der Waals surface area contributed by atoms with Crippen LogP contribution in [0, 0.1) is 0 Å². The van der Waals surface area contributed by atoms with E-state index in [9.17, 15) is 4.21 Å². The second kappa shape index (κ2) is 6.91. The lowest BCUT2D eigenvalue weighted by Crippen LogP contribution is -2.09. The maximum atomic E-state index is 11.9. The zero-order chi connectivity index (χ0) is 13.7. The lowest BCUT2D eigenvalue weighted by Gasteiger charge is -2.06. The average molecular weight is 343 g/mol. The summed E-state index contributed by atoms with van der Waals surface area (Å²) >= 11 is 3.47. The second-order valence-corrected chi connectivity index (χ2v) is 6.53. The fourth-order valence-electron chi connectivity index (χ4n) is 1.63. The van der Waals surface area contributed by atoms with Gasteiger partial charge >= 0.3 is 0 Å². The van der Waals surface area contributed by atoms with Gasteiger partial charge in [-0.15, -0.1) is 5.10 Å². The minimum atomic E-state index is -0.919. The Balaban J connectivity index is 2.19. The van der Waals surface area contributed by atoms with Gasteiger partial charge in [-0.1, -0.05) is 25.5 Å². The van der Waals surface area contributed by atoms with Gasteiger partial charge in [-0.25, -0.2) is 0 Å². The first-order valence-electron chi connectivity index (χ1n) is 6.09. The Hall–Kier alpha value is -1.08. The highest BCUT2D eigenvalue weighted by Crippen LogP contribution is 2.20. The Morgan fingerprint density at radius 3 is 2.89 bits per heavy atom. The van der Waals surface area contributed by atoms with E-state index in [1.807, 2.05) is 24.3 Å². The van der Waals surface area contributed by atoms with Crippen LogP contribution >= 0.6 is 15.9 Å². The number of rotatable bonds is 6. The molecule has 102 valence electrons. The van der Waals surface area contributed by atoms with Crippen LogP contribution in [-0.2, 0) is 16.6 Å². The van der Waals surface area contributed by atoms with E-state index in [0.29, 0.717) is 17.3 Å². The van der Waals surface area contributed by atoms with Crippen molar-refractivity contribution in [2.75, 3.05) is 5.75 Å². The molecule has 7 heteroatoms. The summed E-state index contributed by atoms with van der Waals surface area (Å²) in [6, 6.07) is 7.68.